The zero-order valence-electron chi connectivity index (χ0n) is 12.9. The SMILES string of the molecule is C[C@H]1CCCC[C@H]1NC(=O)COC(=O)c1ccc(CO)cc1. The van der Waals surface area contributed by atoms with E-state index in [1.54, 1.807) is 24.3 Å². The van der Waals surface area contributed by atoms with Crippen LogP contribution < -0.4 is 5.32 Å². The van der Waals surface area contributed by atoms with Crippen LogP contribution in [0.15, 0.2) is 24.3 Å². The summed E-state index contributed by atoms with van der Waals surface area (Å²) in [5.74, 6) is -0.310. The van der Waals surface area contributed by atoms with E-state index in [9.17, 15) is 9.59 Å². The second kappa shape index (κ2) is 7.94. The van der Waals surface area contributed by atoms with Gasteiger partial charge in [0, 0.05) is 6.04 Å². The van der Waals surface area contributed by atoms with Crippen molar-refractivity contribution in [3.63, 3.8) is 0 Å². The van der Waals surface area contributed by atoms with E-state index >= 15 is 0 Å². The van der Waals surface area contributed by atoms with Crippen LogP contribution in [0.5, 0.6) is 0 Å². The molecule has 0 spiro atoms. The van der Waals surface area contributed by atoms with Crippen LogP contribution in [0.3, 0.4) is 0 Å². The Hall–Kier alpha value is -1.88. The van der Waals surface area contributed by atoms with Gasteiger partial charge in [0.2, 0.25) is 0 Å². The maximum absolute atomic E-state index is 11.9. The van der Waals surface area contributed by atoms with E-state index in [1.807, 2.05) is 0 Å². The van der Waals surface area contributed by atoms with Crippen molar-refractivity contribution >= 4 is 11.9 Å². The molecule has 1 aromatic rings. The molecule has 1 aliphatic carbocycles. The smallest absolute Gasteiger partial charge is 0.338 e. The third kappa shape index (κ3) is 4.56. The van der Waals surface area contributed by atoms with Crippen molar-refractivity contribution in [3.05, 3.63) is 35.4 Å². The fourth-order valence-corrected chi connectivity index (χ4v) is 2.74. The van der Waals surface area contributed by atoms with Crippen molar-refractivity contribution in [3.8, 4) is 0 Å². The first-order chi connectivity index (χ1) is 10.6. The summed E-state index contributed by atoms with van der Waals surface area (Å²) in [5.41, 5.74) is 1.09. The van der Waals surface area contributed by atoms with Gasteiger partial charge in [-0.1, -0.05) is 31.9 Å². The highest BCUT2D eigenvalue weighted by molar-refractivity contribution is 5.91. The lowest BCUT2D eigenvalue weighted by Gasteiger charge is -2.29. The number of benzene rings is 1. The van der Waals surface area contributed by atoms with Gasteiger partial charge in [0.1, 0.15) is 0 Å². The summed E-state index contributed by atoms with van der Waals surface area (Å²) in [4.78, 5) is 23.7. The predicted octanol–water partition coefficient (Wildman–Crippen LogP) is 2.03. The molecule has 0 aromatic heterocycles. The Bertz CT molecular complexity index is 512. The Morgan fingerprint density at radius 1 is 1.23 bits per heavy atom. The van der Waals surface area contributed by atoms with Crippen LogP contribution in [0.25, 0.3) is 0 Å². The molecule has 5 nitrogen and oxygen atoms in total. The lowest BCUT2D eigenvalue weighted by atomic mass is 9.86. The van der Waals surface area contributed by atoms with Gasteiger partial charge >= 0.3 is 5.97 Å². The number of aliphatic hydroxyl groups excluding tert-OH is 1. The van der Waals surface area contributed by atoms with E-state index in [1.165, 1.54) is 6.42 Å². The van der Waals surface area contributed by atoms with Crippen molar-refractivity contribution in [1.82, 2.24) is 5.32 Å². The van der Waals surface area contributed by atoms with Crippen LogP contribution in [0.1, 0.15) is 48.5 Å². The number of rotatable bonds is 5. The van der Waals surface area contributed by atoms with Crippen molar-refractivity contribution in [2.75, 3.05) is 6.61 Å². The lowest BCUT2D eigenvalue weighted by Crippen LogP contribution is -2.42. The average Bonchev–Trinajstić information content (AvgIpc) is 2.55. The second-order valence-electron chi connectivity index (χ2n) is 5.87. The molecule has 1 saturated carbocycles. The molecule has 0 radical (unpaired) electrons. The molecule has 0 aliphatic heterocycles. The van der Waals surface area contributed by atoms with Crippen molar-refractivity contribution < 1.29 is 19.4 Å². The van der Waals surface area contributed by atoms with Gasteiger partial charge in [0.05, 0.1) is 12.2 Å². The highest BCUT2D eigenvalue weighted by atomic mass is 16.5. The average molecular weight is 305 g/mol. The van der Waals surface area contributed by atoms with Crippen molar-refractivity contribution in [1.29, 1.82) is 0 Å². The molecule has 22 heavy (non-hydrogen) atoms. The number of hydrogen-bond acceptors (Lipinski definition) is 4. The molecule has 0 unspecified atom stereocenters. The van der Waals surface area contributed by atoms with Gasteiger partial charge in [0.15, 0.2) is 6.61 Å². The largest absolute Gasteiger partial charge is 0.452 e. The number of amides is 1. The summed E-state index contributed by atoms with van der Waals surface area (Å²) in [7, 11) is 0. The molecule has 1 amide bonds. The molecule has 120 valence electrons. The van der Waals surface area contributed by atoms with E-state index in [0.29, 0.717) is 11.5 Å². The topological polar surface area (TPSA) is 75.6 Å². The molecular weight excluding hydrogens is 282 g/mol. The van der Waals surface area contributed by atoms with Crippen LogP contribution >= 0.6 is 0 Å². The minimum absolute atomic E-state index is 0.0721. The third-order valence-corrected chi connectivity index (χ3v) is 4.16. The van der Waals surface area contributed by atoms with Crippen molar-refractivity contribution in [2.24, 2.45) is 5.92 Å². The highest BCUT2D eigenvalue weighted by Gasteiger charge is 2.23. The lowest BCUT2D eigenvalue weighted by molar-refractivity contribution is -0.125. The molecule has 5 heteroatoms. The highest BCUT2D eigenvalue weighted by Crippen LogP contribution is 2.23. The van der Waals surface area contributed by atoms with Gasteiger partial charge in [-0.3, -0.25) is 4.79 Å². The standard InChI is InChI=1S/C17H23NO4/c1-12-4-2-3-5-15(12)18-16(20)11-22-17(21)14-8-6-13(10-19)7-9-14/h6-9,12,15,19H,2-5,10-11H2,1H3,(H,18,20)/t12-,15+/m0/s1. The second-order valence-corrected chi connectivity index (χ2v) is 5.87. The van der Waals surface area contributed by atoms with Crippen LogP contribution in [-0.4, -0.2) is 29.6 Å². The summed E-state index contributed by atoms with van der Waals surface area (Å²) >= 11 is 0. The predicted molar refractivity (Wildman–Crippen MR) is 82.2 cm³/mol. The number of esters is 1. The Morgan fingerprint density at radius 2 is 1.91 bits per heavy atom. The fourth-order valence-electron chi connectivity index (χ4n) is 2.74. The Morgan fingerprint density at radius 3 is 2.55 bits per heavy atom. The Labute approximate surface area is 130 Å². The zero-order valence-corrected chi connectivity index (χ0v) is 12.9. The number of hydrogen-bond donors (Lipinski definition) is 2. The van der Waals surface area contributed by atoms with Gasteiger partial charge in [-0.05, 0) is 36.5 Å². The van der Waals surface area contributed by atoms with E-state index in [0.717, 1.165) is 24.8 Å². The number of aliphatic hydroxyl groups is 1. The molecule has 1 aromatic carbocycles. The van der Waals surface area contributed by atoms with Gasteiger partial charge < -0.3 is 15.2 Å². The summed E-state index contributed by atoms with van der Waals surface area (Å²) in [5, 5.41) is 11.9. The normalized spacial score (nSPS) is 21.2. The molecule has 0 heterocycles. The van der Waals surface area contributed by atoms with Crippen LogP contribution in [0, 0.1) is 5.92 Å². The number of ether oxygens (including phenoxy) is 1. The van der Waals surface area contributed by atoms with Crippen LogP contribution in [0.2, 0.25) is 0 Å². The van der Waals surface area contributed by atoms with Gasteiger partial charge in [-0.15, -0.1) is 0 Å². The summed E-state index contributed by atoms with van der Waals surface area (Å²) in [6.07, 6.45) is 4.46. The van der Waals surface area contributed by atoms with Gasteiger partial charge in [-0.2, -0.15) is 0 Å². The summed E-state index contributed by atoms with van der Waals surface area (Å²) < 4.78 is 5.03. The van der Waals surface area contributed by atoms with Crippen LogP contribution in [0.4, 0.5) is 0 Å². The van der Waals surface area contributed by atoms with E-state index in [4.69, 9.17) is 9.84 Å². The molecule has 2 N–H and O–H groups in total. The molecule has 1 aliphatic rings. The first kappa shape index (κ1) is 16.5. The minimum atomic E-state index is -0.531. The van der Waals surface area contributed by atoms with Crippen molar-refractivity contribution in [2.45, 2.75) is 45.3 Å². The number of carbonyl (C=O) groups excluding carboxylic acids is 2. The van der Waals surface area contributed by atoms with E-state index in [2.05, 4.69) is 12.2 Å². The quantitative estimate of drug-likeness (QED) is 0.816. The molecular formula is C17H23NO4. The van der Waals surface area contributed by atoms with E-state index < -0.39 is 5.97 Å². The third-order valence-electron chi connectivity index (χ3n) is 4.16. The molecule has 0 saturated heterocycles. The first-order valence-corrected chi connectivity index (χ1v) is 7.76. The first-order valence-electron chi connectivity index (χ1n) is 7.76. The molecule has 0 bridgehead atoms. The number of nitrogens with one attached hydrogen (secondary N) is 1. The Balaban J connectivity index is 1.78. The molecule has 2 atom stereocenters. The van der Waals surface area contributed by atoms with Crippen LogP contribution in [-0.2, 0) is 16.1 Å². The van der Waals surface area contributed by atoms with E-state index in [-0.39, 0.29) is 25.2 Å². The Kier molecular flexibility index (Phi) is 5.95. The number of carbonyl (C=O) groups is 2. The summed E-state index contributed by atoms with van der Waals surface area (Å²) in [6.45, 7) is 1.81. The maximum Gasteiger partial charge on any atom is 0.338 e. The molecule has 1 fully saturated rings. The fraction of sp³-hybridized carbons (Fsp3) is 0.529. The maximum atomic E-state index is 11.9. The van der Waals surface area contributed by atoms with Gasteiger partial charge in [-0.25, -0.2) is 4.79 Å². The monoisotopic (exact) mass is 305 g/mol. The van der Waals surface area contributed by atoms with Gasteiger partial charge in [0.25, 0.3) is 5.91 Å². The zero-order chi connectivity index (χ0) is 15.9. The molecule has 2 rings (SSSR count). The summed E-state index contributed by atoms with van der Waals surface area (Å²) in [6, 6.07) is 6.65. The minimum Gasteiger partial charge on any atom is -0.452 e.